The first-order valence-electron chi connectivity index (χ1n) is 3.52. The molecule has 1 aromatic rings. The van der Waals surface area contributed by atoms with Crippen molar-refractivity contribution in [2.24, 2.45) is 0 Å². The van der Waals surface area contributed by atoms with Crippen molar-refractivity contribution in [1.82, 2.24) is 0 Å². The van der Waals surface area contributed by atoms with Crippen LogP contribution in [0.15, 0.2) is 18.2 Å². The second kappa shape index (κ2) is 3.30. The van der Waals surface area contributed by atoms with E-state index in [0.717, 1.165) is 11.0 Å². The quantitative estimate of drug-likeness (QED) is 0.402. The Morgan fingerprint density at radius 2 is 2.27 bits per heavy atom. The first-order valence-corrected chi connectivity index (χ1v) is 3.52. The summed E-state index contributed by atoms with van der Waals surface area (Å²) in [6, 6.07) is 5.80. The lowest BCUT2D eigenvalue weighted by Gasteiger charge is -2.02. The molecule has 0 heterocycles. The molecule has 52 valence electrons. The van der Waals surface area contributed by atoms with E-state index in [0.29, 0.717) is 6.42 Å². The molecule has 0 nitrogen and oxygen atoms in total. The lowest BCUT2D eigenvalue weighted by Crippen LogP contribution is -2.03. The maximum absolute atomic E-state index is 5.59. The molecule has 0 fully saturated rings. The highest BCUT2D eigenvalue weighted by atomic mass is 14.0. The summed E-state index contributed by atoms with van der Waals surface area (Å²) >= 11 is 0. The number of hydrogen-bond acceptors (Lipinski definition) is 0. The third kappa shape index (κ3) is 1.88. The minimum absolute atomic E-state index is 0.664. The van der Waals surface area contributed by atoms with Gasteiger partial charge in [0.2, 0.25) is 0 Å². The number of rotatable bonds is 1. The summed E-state index contributed by atoms with van der Waals surface area (Å²) in [5.74, 6) is 2.60. The molecule has 0 aromatic heterocycles. The first kappa shape index (κ1) is 7.95. The highest BCUT2D eigenvalue weighted by molar-refractivity contribution is 6.32. The van der Waals surface area contributed by atoms with E-state index in [4.69, 9.17) is 14.3 Å². The van der Waals surface area contributed by atoms with E-state index in [1.54, 1.807) is 0 Å². The Morgan fingerprint density at radius 1 is 1.55 bits per heavy atom. The van der Waals surface area contributed by atoms with Crippen LogP contribution in [0.3, 0.4) is 0 Å². The molecule has 0 atom stereocenters. The molecule has 2 radical (unpaired) electrons. The maximum Gasteiger partial charge on any atom is 0.113 e. The lowest BCUT2D eigenvalue weighted by atomic mass is 9.91. The molecular formula is C10H9B. The molecule has 0 amide bonds. The van der Waals surface area contributed by atoms with Gasteiger partial charge in [-0.05, 0) is 18.1 Å². The van der Waals surface area contributed by atoms with Gasteiger partial charge in [0.25, 0.3) is 0 Å². The molecule has 0 N–H and O–H groups in total. The van der Waals surface area contributed by atoms with Crippen molar-refractivity contribution in [3.8, 4) is 12.3 Å². The van der Waals surface area contributed by atoms with Gasteiger partial charge >= 0.3 is 0 Å². The fourth-order valence-electron chi connectivity index (χ4n) is 0.992. The summed E-state index contributed by atoms with van der Waals surface area (Å²) in [7, 11) is 5.59. The van der Waals surface area contributed by atoms with Gasteiger partial charge in [0.15, 0.2) is 0 Å². The zero-order chi connectivity index (χ0) is 8.27. The summed E-state index contributed by atoms with van der Waals surface area (Å²) in [6.07, 6.45) is 5.85. The maximum atomic E-state index is 5.59. The van der Waals surface area contributed by atoms with Gasteiger partial charge in [-0.15, -0.1) is 12.3 Å². The van der Waals surface area contributed by atoms with E-state index in [9.17, 15) is 0 Å². The Hall–Kier alpha value is -1.16. The van der Waals surface area contributed by atoms with Crippen LogP contribution in [-0.4, -0.2) is 7.85 Å². The standard InChI is InChI=1S/C10H9B/c1-3-4-9-7-10(11)6-5-8(9)2/h1,5-7H,4H2,2H3. The van der Waals surface area contributed by atoms with Crippen LogP contribution >= 0.6 is 0 Å². The van der Waals surface area contributed by atoms with E-state index < -0.39 is 0 Å². The summed E-state index contributed by atoms with van der Waals surface area (Å²) in [4.78, 5) is 0. The van der Waals surface area contributed by atoms with E-state index in [1.165, 1.54) is 5.56 Å². The molecule has 1 rings (SSSR count). The van der Waals surface area contributed by atoms with Crippen molar-refractivity contribution >= 4 is 13.3 Å². The number of hydrogen-bond donors (Lipinski definition) is 0. The molecule has 1 heteroatoms. The van der Waals surface area contributed by atoms with Crippen LogP contribution in [0.4, 0.5) is 0 Å². The van der Waals surface area contributed by atoms with Crippen LogP contribution in [0.1, 0.15) is 11.1 Å². The highest BCUT2D eigenvalue weighted by Crippen LogP contribution is 2.04. The van der Waals surface area contributed by atoms with Gasteiger partial charge in [-0.3, -0.25) is 0 Å². The van der Waals surface area contributed by atoms with E-state index >= 15 is 0 Å². The van der Waals surface area contributed by atoms with Gasteiger partial charge < -0.3 is 0 Å². The monoisotopic (exact) mass is 140 g/mol. The summed E-state index contributed by atoms with van der Waals surface area (Å²) in [5, 5.41) is 0. The SMILES string of the molecule is [B]c1ccc(C)c(CC#C)c1. The van der Waals surface area contributed by atoms with Gasteiger partial charge in [0, 0.05) is 6.42 Å². The van der Waals surface area contributed by atoms with E-state index in [1.807, 2.05) is 25.1 Å². The molecule has 11 heavy (non-hydrogen) atoms. The predicted octanol–water partition coefficient (Wildman–Crippen LogP) is 0.965. The summed E-state index contributed by atoms with van der Waals surface area (Å²) < 4.78 is 0. The van der Waals surface area contributed by atoms with E-state index in [-0.39, 0.29) is 0 Å². The highest BCUT2D eigenvalue weighted by Gasteiger charge is 1.94. The fourth-order valence-corrected chi connectivity index (χ4v) is 0.992. The number of benzene rings is 1. The molecule has 0 spiro atoms. The normalized spacial score (nSPS) is 9.09. The van der Waals surface area contributed by atoms with Gasteiger partial charge in [0.1, 0.15) is 7.85 Å². The number of terminal acetylenes is 1. The summed E-state index contributed by atoms with van der Waals surface area (Å²) in [6.45, 7) is 2.03. The Labute approximate surface area is 69.0 Å². The van der Waals surface area contributed by atoms with Crippen molar-refractivity contribution in [3.05, 3.63) is 29.3 Å². The third-order valence-corrected chi connectivity index (χ3v) is 1.67. The molecule has 0 unspecified atom stereocenters. The number of aryl methyl sites for hydroxylation is 1. The Balaban J connectivity index is 3.05. The van der Waals surface area contributed by atoms with Crippen molar-refractivity contribution in [3.63, 3.8) is 0 Å². The van der Waals surface area contributed by atoms with E-state index in [2.05, 4.69) is 5.92 Å². The Bertz CT molecular complexity index is 294. The van der Waals surface area contributed by atoms with Gasteiger partial charge in [-0.1, -0.05) is 23.7 Å². The second-order valence-electron chi connectivity index (χ2n) is 2.57. The summed E-state index contributed by atoms with van der Waals surface area (Å²) in [5.41, 5.74) is 3.13. The molecule has 0 aliphatic carbocycles. The molecular weight excluding hydrogens is 131 g/mol. The molecule has 0 saturated carbocycles. The lowest BCUT2D eigenvalue weighted by molar-refractivity contribution is 1.26. The van der Waals surface area contributed by atoms with Crippen molar-refractivity contribution < 1.29 is 0 Å². The fraction of sp³-hybridized carbons (Fsp3) is 0.200. The van der Waals surface area contributed by atoms with Crippen LogP contribution in [0.2, 0.25) is 0 Å². The topological polar surface area (TPSA) is 0 Å². The van der Waals surface area contributed by atoms with Crippen molar-refractivity contribution in [1.29, 1.82) is 0 Å². The zero-order valence-electron chi connectivity index (χ0n) is 6.59. The van der Waals surface area contributed by atoms with Crippen LogP contribution in [0, 0.1) is 19.3 Å². The van der Waals surface area contributed by atoms with Gasteiger partial charge in [-0.25, -0.2) is 0 Å². The smallest absolute Gasteiger partial charge is 0.113 e. The van der Waals surface area contributed by atoms with Gasteiger partial charge in [0.05, 0.1) is 0 Å². The molecule has 0 bridgehead atoms. The van der Waals surface area contributed by atoms with Crippen molar-refractivity contribution in [2.75, 3.05) is 0 Å². The van der Waals surface area contributed by atoms with Crippen LogP contribution < -0.4 is 5.46 Å². The second-order valence-corrected chi connectivity index (χ2v) is 2.57. The largest absolute Gasteiger partial charge is 0.120 e. The minimum Gasteiger partial charge on any atom is -0.120 e. The van der Waals surface area contributed by atoms with Gasteiger partial charge in [-0.2, -0.15) is 0 Å². The molecule has 0 saturated heterocycles. The zero-order valence-corrected chi connectivity index (χ0v) is 6.59. The first-order chi connectivity index (χ1) is 5.24. The van der Waals surface area contributed by atoms with Crippen LogP contribution in [0.25, 0.3) is 0 Å². The average molecular weight is 140 g/mol. The van der Waals surface area contributed by atoms with Crippen LogP contribution in [-0.2, 0) is 6.42 Å². The molecule has 0 aliphatic rings. The molecule has 1 aromatic carbocycles. The Morgan fingerprint density at radius 3 is 2.91 bits per heavy atom. The average Bonchev–Trinajstić information content (AvgIpc) is 1.98. The minimum atomic E-state index is 0.664. The van der Waals surface area contributed by atoms with Crippen molar-refractivity contribution in [2.45, 2.75) is 13.3 Å². The third-order valence-electron chi connectivity index (χ3n) is 1.67. The van der Waals surface area contributed by atoms with Crippen LogP contribution in [0.5, 0.6) is 0 Å². The Kier molecular flexibility index (Phi) is 2.38. The molecule has 0 aliphatic heterocycles. The predicted molar refractivity (Wildman–Crippen MR) is 49.1 cm³/mol.